The van der Waals surface area contributed by atoms with Gasteiger partial charge in [0.15, 0.2) is 0 Å². The average Bonchev–Trinajstić information content (AvgIpc) is 3.47. The molecule has 0 saturated heterocycles. The number of benzene rings is 3. The third kappa shape index (κ3) is 7.72. The highest BCUT2D eigenvalue weighted by Gasteiger charge is 2.35. The normalized spacial score (nSPS) is 14.4. The topological polar surface area (TPSA) is 86.8 Å². The van der Waals surface area contributed by atoms with Crippen LogP contribution in [-0.2, 0) is 26.2 Å². The number of halogens is 2. The third-order valence-electron chi connectivity index (χ3n) is 8.14. The highest BCUT2D eigenvalue weighted by atomic mass is 35.5. The van der Waals surface area contributed by atoms with Gasteiger partial charge in [-0.25, -0.2) is 8.42 Å². The summed E-state index contributed by atoms with van der Waals surface area (Å²) < 4.78 is 29.3. The van der Waals surface area contributed by atoms with Crippen molar-refractivity contribution in [3.05, 3.63) is 93.0 Å². The first-order valence-electron chi connectivity index (χ1n) is 14.6. The largest absolute Gasteiger partial charge is 0.352 e. The monoisotopic (exact) mass is 643 g/mol. The predicted octanol–water partition coefficient (Wildman–Crippen LogP) is 6.98. The Morgan fingerprint density at radius 3 is 2.14 bits per heavy atom. The smallest absolute Gasteiger partial charge is 0.264 e. The fourth-order valence-electron chi connectivity index (χ4n) is 5.39. The molecule has 3 aromatic carbocycles. The van der Waals surface area contributed by atoms with Crippen molar-refractivity contribution in [1.82, 2.24) is 10.2 Å². The van der Waals surface area contributed by atoms with Gasteiger partial charge >= 0.3 is 0 Å². The molecule has 0 aromatic heterocycles. The number of amides is 2. The van der Waals surface area contributed by atoms with Crippen LogP contribution in [0.4, 0.5) is 5.69 Å². The lowest BCUT2D eigenvalue weighted by Gasteiger charge is -2.34. The molecule has 0 heterocycles. The summed E-state index contributed by atoms with van der Waals surface area (Å²) in [5, 5.41) is 3.82. The molecule has 1 saturated carbocycles. The Labute approximate surface area is 265 Å². The molecule has 43 heavy (non-hydrogen) atoms. The predicted molar refractivity (Wildman–Crippen MR) is 173 cm³/mol. The highest BCUT2D eigenvalue weighted by molar-refractivity contribution is 7.92. The van der Waals surface area contributed by atoms with E-state index in [9.17, 15) is 18.0 Å². The number of rotatable bonds is 11. The summed E-state index contributed by atoms with van der Waals surface area (Å²) >= 11 is 13.0. The molecule has 7 nitrogen and oxygen atoms in total. The minimum Gasteiger partial charge on any atom is -0.352 e. The fourth-order valence-corrected chi connectivity index (χ4v) is 7.31. The van der Waals surface area contributed by atoms with Crippen molar-refractivity contribution >= 4 is 50.7 Å². The van der Waals surface area contributed by atoms with Gasteiger partial charge < -0.3 is 10.2 Å². The molecule has 10 heteroatoms. The van der Waals surface area contributed by atoms with Crippen LogP contribution in [0.3, 0.4) is 0 Å². The number of carbonyl (C=O) groups excluding carboxylic acids is 2. The molecule has 0 spiro atoms. The first-order chi connectivity index (χ1) is 20.4. The van der Waals surface area contributed by atoms with Gasteiger partial charge in [-0.05, 0) is 87.6 Å². The molecule has 0 aliphatic heterocycles. The van der Waals surface area contributed by atoms with Gasteiger partial charge in [0.25, 0.3) is 10.0 Å². The van der Waals surface area contributed by atoms with Crippen LogP contribution < -0.4 is 9.62 Å². The molecule has 230 valence electrons. The molecule has 1 aliphatic rings. The second-order valence-corrected chi connectivity index (χ2v) is 13.9. The third-order valence-corrected chi connectivity index (χ3v) is 10.6. The zero-order chi connectivity index (χ0) is 31.3. The van der Waals surface area contributed by atoms with E-state index in [0.717, 1.165) is 46.7 Å². The van der Waals surface area contributed by atoms with Crippen LogP contribution in [0.25, 0.3) is 0 Å². The first kappa shape index (κ1) is 32.8. The standard InChI is InChI=1S/C33H39Cl2N3O4S/c1-5-31(33(40)36-25-9-6-7-10-25)37(20-28-29(34)11-8-12-30(28)35)32(39)21-38(26-16-15-23(3)24(4)19-26)43(41,42)27-17-13-22(2)14-18-27/h8,11-19,25,31H,5-7,9-10,20-21H2,1-4H3,(H,36,40)/t31-/m1/s1. The zero-order valence-corrected chi connectivity index (χ0v) is 27.4. The molecule has 4 rings (SSSR count). The summed E-state index contributed by atoms with van der Waals surface area (Å²) in [5.74, 6) is -0.816. The van der Waals surface area contributed by atoms with Crippen molar-refractivity contribution in [2.45, 2.75) is 83.3 Å². The van der Waals surface area contributed by atoms with E-state index in [1.807, 2.05) is 33.8 Å². The number of nitrogens with zero attached hydrogens (tertiary/aromatic N) is 2. The molecule has 1 fully saturated rings. The second-order valence-electron chi connectivity index (χ2n) is 11.2. The van der Waals surface area contributed by atoms with E-state index in [-0.39, 0.29) is 23.4 Å². The highest BCUT2D eigenvalue weighted by Crippen LogP contribution is 2.30. The van der Waals surface area contributed by atoms with Crippen LogP contribution in [0.15, 0.2) is 65.6 Å². The molecule has 2 amide bonds. The SMILES string of the molecule is CC[C@H](C(=O)NC1CCCC1)N(Cc1c(Cl)cccc1Cl)C(=O)CN(c1ccc(C)c(C)c1)S(=O)(=O)c1ccc(C)cc1. The number of hydrogen-bond acceptors (Lipinski definition) is 4. The quantitative estimate of drug-likeness (QED) is 0.244. The Hall–Kier alpha value is -3.07. The number of carbonyl (C=O) groups is 2. The van der Waals surface area contributed by atoms with Crippen molar-refractivity contribution in [1.29, 1.82) is 0 Å². The Morgan fingerprint density at radius 1 is 0.930 bits per heavy atom. The van der Waals surface area contributed by atoms with Crippen LogP contribution >= 0.6 is 23.2 Å². The number of nitrogens with one attached hydrogen (secondary N) is 1. The minimum atomic E-state index is -4.16. The maximum atomic E-state index is 14.3. The molecule has 1 atom stereocenters. The van der Waals surface area contributed by atoms with E-state index in [4.69, 9.17) is 23.2 Å². The van der Waals surface area contributed by atoms with Gasteiger partial charge in [0.1, 0.15) is 12.6 Å². The maximum absolute atomic E-state index is 14.3. The molecule has 0 bridgehead atoms. The molecule has 0 radical (unpaired) electrons. The Morgan fingerprint density at radius 2 is 1.56 bits per heavy atom. The summed E-state index contributed by atoms with van der Waals surface area (Å²) in [4.78, 5) is 29.4. The van der Waals surface area contributed by atoms with Crippen molar-refractivity contribution in [2.75, 3.05) is 10.8 Å². The molecular formula is C33H39Cl2N3O4S. The molecule has 1 aliphatic carbocycles. The molecule has 3 aromatic rings. The Balaban J connectivity index is 1.76. The van der Waals surface area contributed by atoms with Crippen molar-refractivity contribution < 1.29 is 18.0 Å². The van der Waals surface area contributed by atoms with Gasteiger partial charge in [-0.1, -0.05) is 72.8 Å². The summed E-state index contributed by atoms with van der Waals surface area (Å²) in [5.41, 5.74) is 3.64. The van der Waals surface area contributed by atoms with Crippen LogP contribution in [0.2, 0.25) is 10.0 Å². The van der Waals surface area contributed by atoms with Gasteiger partial charge in [0.2, 0.25) is 11.8 Å². The van der Waals surface area contributed by atoms with Gasteiger partial charge in [-0.2, -0.15) is 0 Å². The van der Waals surface area contributed by atoms with Gasteiger partial charge in [-0.3, -0.25) is 13.9 Å². The summed E-state index contributed by atoms with van der Waals surface area (Å²) in [6, 6.07) is 16.1. The first-order valence-corrected chi connectivity index (χ1v) is 16.8. The van der Waals surface area contributed by atoms with Crippen LogP contribution in [0.5, 0.6) is 0 Å². The van der Waals surface area contributed by atoms with E-state index in [0.29, 0.717) is 27.7 Å². The van der Waals surface area contributed by atoms with E-state index < -0.39 is 28.5 Å². The Kier molecular flexibility index (Phi) is 10.8. The lowest BCUT2D eigenvalue weighted by atomic mass is 10.1. The number of sulfonamides is 1. The second kappa shape index (κ2) is 14.1. The van der Waals surface area contributed by atoms with Gasteiger partial charge in [-0.15, -0.1) is 0 Å². The van der Waals surface area contributed by atoms with Crippen LogP contribution in [0, 0.1) is 20.8 Å². The van der Waals surface area contributed by atoms with Crippen LogP contribution in [0.1, 0.15) is 61.3 Å². The average molecular weight is 645 g/mol. The summed E-state index contributed by atoms with van der Waals surface area (Å²) in [7, 11) is -4.16. The Bertz CT molecular complexity index is 1550. The van der Waals surface area contributed by atoms with E-state index in [1.54, 1.807) is 42.5 Å². The summed E-state index contributed by atoms with van der Waals surface area (Å²) in [6.07, 6.45) is 4.19. The van der Waals surface area contributed by atoms with Crippen molar-refractivity contribution in [2.24, 2.45) is 0 Å². The van der Waals surface area contributed by atoms with Crippen molar-refractivity contribution in [3.63, 3.8) is 0 Å². The van der Waals surface area contributed by atoms with Crippen LogP contribution in [-0.4, -0.2) is 43.8 Å². The van der Waals surface area contributed by atoms with Gasteiger partial charge in [0, 0.05) is 28.2 Å². The van der Waals surface area contributed by atoms with E-state index in [1.165, 1.54) is 17.0 Å². The number of aryl methyl sites for hydroxylation is 3. The van der Waals surface area contributed by atoms with E-state index >= 15 is 0 Å². The number of anilines is 1. The molecule has 1 N–H and O–H groups in total. The fraction of sp³-hybridized carbons (Fsp3) is 0.394. The summed E-state index contributed by atoms with van der Waals surface area (Å²) in [6.45, 7) is 6.96. The maximum Gasteiger partial charge on any atom is 0.264 e. The number of hydrogen-bond donors (Lipinski definition) is 1. The zero-order valence-electron chi connectivity index (χ0n) is 25.1. The van der Waals surface area contributed by atoms with E-state index in [2.05, 4.69) is 5.32 Å². The lowest BCUT2D eigenvalue weighted by molar-refractivity contribution is -0.140. The molecular weight excluding hydrogens is 605 g/mol. The lowest BCUT2D eigenvalue weighted by Crippen LogP contribution is -2.53. The van der Waals surface area contributed by atoms with Gasteiger partial charge in [0.05, 0.1) is 10.6 Å². The minimum absolute atomic E-state index is 0.0522. The van der Waals surface area contributed by atoms with Crippen molar-refractivity contribution in [3.8, 4) is 0 Å². The molecule has 0 unspecified atom stereocenters.